The Kier molecular flexibility index (Phi) is 6.60. The zero-order valence-electron chi connectivity index (χ0n) is 26.6. The van der Waals surface area contributed by atoms with E-state index in [1.807, 2.05) is 78.9 Å². The summed E-state index contributed by atoms with van der Waals surface area (Å²) in [5.41, 5.74) is 8.83. The number of hydrogen-bond donors (Lipinski definition) is 0. The number of para-hydroxylation sites is 1. The van der Waals surface area contributed by atoms with E-state index in [2.05, 4.69) is 78.9 Å². The van der Waals surface area contributed by atoms with Crippen LogP contribution in [-0.4, -0.2) is 19.9 Å². The second-order valence-electron chi connectivity index (χ2n) is 12.3. The number of aromatic nitrogens is 4. The third-order valence-electron chi connectivity index (χ3n) is 9.13. The first-order chi connectivity index (χ1) is 24.7. The van der Waals surface area contributed by atoms with Crippen LogP contribution in [0.2, 0.25) is 0 Å². The van der Waals surface area contributed by atoms with Gasteiger partial charge in [-0.25, -0.2) is 19.9 Å². The Bertz CT molecular complexity index is 2810. The van der Waals surface area contributed by atoms with Crippen molar-refractivity contribution in [3.63, 3.8) is 0 Å². The minimum Gasteiger partial charge on any atom is -0.456 e. The van der Waals surface area contributed by atoms with Crippen LogP contribution in [0.25, 0.3) is 98.8 Å². The molecule has 10 rings (SSSR count). The first kappa shape index (κ1) is 28.5. The summed E-state index contributed by atoms with van der Waals surface area (Å²) in [5, 5.41) is 5.37. The van der Waals surface area contributed by atoms with Crippen LogP contribution in [0.3, 0.4) is 0 Å². The zero-order chi connectivity index (χ0) is 33.0. The Hall–Kier alpha value is -6.50. The van der Waals surface area contributed by atoms with Crippen molar-refractivity contribution in [2.45, 2.75) is 0 Å². The Morgan fingerprint density at radius 2 is 0.960 bits per heavy atom. The van der Waals surface area contributed by atoms with E-state index in [1.54, 1.807) is 11.3 Å². The summed E-state index contributed by atoms with van der Waals surface area (Å²) < 4.78 is 7.53. The van der Waals surface area contributed by atoms with Crippen molar-refractivity contribution in [3.05, 3.63) is 158 Å². The molecule has 0 amide bonds. The van der Waals surface area contributed by atoms with Gasteiger partial charge in [-0.1, -0.05) is 133 Å². The molecule has 3 aromatic heterocycles. The van der Waals surface area contributed by atoms with E-state index < -0.39 is 0 Å². The molecule has 0 saturated heterocycles. The molecule has 5 nitrogen and oxygen atoms in total. The Balaban J connectivity index is 1.14. The van der Waals surface area contributed by atoms with E-state index in [9.17, 15) is 0 Å². The minimum absolute atomic E-state index is 0.635. The van der Waals surface area contributed by atoms with Crippen LogP contribution in [-0.2, 0) is 0 Å². The Morgan fingerprint density at radius 3 is 1.62 bits per heavy atom. The zero-order valence-corrected chi connectivity index (χ0v) is 27.4. The van der Waals surface area contributed by atoms with Gasteiger partial charge in [-0.05, 0) is 34.5 Å². The second-order valence-corrected chi connectivity index (χ2v) is 13.3. The normalized spacial score (nSPS) is 11.6. The highest BCUT2D eigenvalue weighted by Crippen LogP contribution is 2.45. The van der Waals surface area contributed by atoms with Crippen molar-refractivity contribution >= 4 is 54.3 Å². The molecule has 0 atom stereocenters. The lowest BCUT2D eigenvalue weighted by molar-refractivity contribution is 0.669. The number of benzene rings is 7. The molecule has 0 saturated carbocycles. The van der Waals surface area contributed by atoms with Crippen LogP contribution in [0.1, 0.15) is 0 Å². The number of furan rings is 1. The summed E-state index contributed by atoms with van der Waals surface area (Å²) in [6.45, 7) is 0. The van der Waals surface area contributed by atoms with Gasteiger partial charge in [-0.3, -0.25) is 0 Å². The largest absolute Gasteiger partial charge is 0.456 e. The lowest BCUT2D eigenvalue weighted by Crippen LogP contribution is -2.00. The number of nitrogens with zero attached hydrogens (tertiary/aromatic N) is 4. The summed E-state index contributed by atoms with van der Waals surface area (Å²) in [7, 11) is 0. The van der Waals surface area contributed by atoms with Crippen LogP contribution in [0.15, 0.2) is 162 Å². The first-order valence-corrected chi connectivity index (χ1v) is 17.3. The summed E-state index contributed by atoms with van der Waals surface area (Å²) in [4.78, 5) is 20.0. The van der Waals surface area contributed by atoms with E-state index in [0.717, 1.165) is 81.3 Å². The van der Waals surface area contributed by atoms with Crippen molar-refractivity contribution in [1.29, 1.82) is 0 Å². The Labute approximate surface area is 291 Å². The second kappa shape index (κ2) is 11.6. The van der Waals surface area contributed by atoms with Gasteiger partial charge in [0.15, 0.2) is 17.5 Å². The summed E-state index contributed by atoms with van der Waals surface area (Å²) >= 11 is 1.70. The molecule has 7 aromatic carbocycles. The van der Waals surface area contributed by atoms with E-state index in [-0.39, 0.29) is 0 Å². The van der Waals surface area contributed by atoms with E-state index >= 15 is 0 Å². The average Bonchev–Trinajstić information content (AvgIpc) is 3.79. The molecule has 3 heterocycles. The molecule has 0 N–H and O–H groups in total. The topological polar surface area (TPSA) is 64.7 Å². The van der Waals surface area contributed by atoms with Gasteiger partial charge < -0.3 is 4.42 Å². The average molecular weight is 659 g/mol. The SMILES string of the molecule is c1ccc(-c2nc(-c3ccccc3)nc(-c3ccc4cc(-c5c6nc(-c7ccccc7)sc6cc6oc7ccccc7c56)ccc4c3)n2)cc1. The highest BCUT2D eigenvalue weighted by atomic mass is 32.1. The van der Waals surface area contributed by atoms with Crippen LogP contribution in [0, 0.1) is 0 Å². The van der Waals surface area contributed by atoms with E-state index in [0.29, 0.717) is 17.5 Å². The quantitative estimate of drug-likeness (QED) is 0.184. The van der Waals surface area contributed by atoms with Crippen molar-refractivity contribution in [2.24, 2.45) is 0 Å². The van der Waals surface area contributed by atoms with Gasteiger partial charge in [0.2, 0.25) is 0 Å². The van der Waals surface area contributed by atoms with Crippen molar-refractivity contribution in [3.8, 4) is 55.9 Å². The van der Waals surface area contributed by atoms with Crippen LogP contribution in [0.5, 0.6) is 0 Å². The summed E-state index contributed by atoms with van der Waals surface area (Å²) in [5.74, 6) is 1.93. The molecule has 0 aliphatic carbocycles. The van der Waals surface area contributed by atoms with Crippen molar-refractivity contribution in [1.82, 2.24) is 19.9 Å². The molecule has 50 heavy (non-hydrogen) atoms. The summed E-state index contributed by atoms with van der Waals surface area (Å²) in [6.07, 6.45) is 0. The molecule has 0 aliphatic heterocycles. The third kappa shape index (κ3) is 4.85. The predicted octanol–water partition coefficient (Wildman–Crippen LogP) is 11.9. The molecule has 0 fully saturated rings. The van der Waals surface area contributed by atoms with Gasteiger partial charge in [0.05, 0.1) is 10.2 Å². The van der Waals surface area contributed by atoms with Gasteiger partial charge in [0.25, 0.3) is 0 Å². The molecule has 0 radical (unpaired) electrons. The van der Waals surface area contributed by atoms with Gasteiger partial charge in [0.1, 0.15) is 16.2 Å². The molecule has 0 unspecified atom stereocenters. The maximum absolute atomic E-state index is 6.43. The van der Waals surface area contributed by atoms with E-state index in [1.165, 1.54) is 0 Å². The fourth-order valence-electron chi connectivity index (χ4n) is 6.73. The molecular formula is C44H26N4OS. The van der Waals surface area contributed by atoms with Gasteiger partial charge >= 0.3 is 0 Å². The minimum atomic E-state index is 0.635. The standard InChI is InChI=1S/C44H26N4OS/c1-4-12-27(13-5-1)41-46-42(28-14-6-2-7-15-28)48-43(47-41)33-23-21-30-24-32(22-20-31(30)25-33)38-39-34-18-10-11-19-35(34)49-36(39)26-37-40(38)45-44(50-37)29-16-8-3-9-17-29/h1-26H. The fraction of sp³-hybridized carbons (Fsp3) is 0. The smallest absolute Gasteiger partial charge is 0.164 e. The van der Waals surface area contributed by atoms with Crippen LogP contribution >= 0.6 is 11.3 Å². The van der Waals surface area contributed by atoms with Gasteiger partial charge in [0, 0.05) is 44.7 Å². The van der Waals surface area contributed by atoms with Crippen molar-refractivity contribution < 1.29 is 4.42 Å². The highest BCUT2D eigenvalue weighted by Gasteiger charge is 2.21. The fourth-order valence-corrected chi connectivity index (χ4v) is 7.74. The molecule has 6 heteroatoms. The van der Waals surface area contributed by atoms with Crippen molar-refractivity contribution in [2.75, 3.05) is 0 Å². The lowest BCUT2D eigenvalue weighted by Gasteiger charge is -2.10. The molecule has 0 spiro atoms. The third-order valence-corrected chi connectivity index (χ3v) is 10.2. The molecule has 10 aromatic rings. The number of fused-ring (bicyclic) bond motifs is 5. The predicted molar refractivity (Wildman–Crippen MR) is 205 cm³/mol. The van der Waals surface area contributed by atoms with E-state index in [4.69, 9.17) is 24.4 Å². The monoisotopic (exact) mass is 658 g/mol. The number of thiazole rings is 1. The molecule has 234 valence electrons. The highest BCUT2D eigenvalue weighted by molar-refractivity contribution is 7.21. The van der Waals surface area contributed by atoms with Gasteiger partial charge in [-0.2, -0.15) is 0 Å². The lowest BCUT2D eigenvalue weighted by atomic mass is 9.95. The maximum Gasteiger partial charge on any atom is 0.164 e. The van der Waals surface area contributed by atoms with Crippen LogP contribution < -0.4 is 0 Å². The molecular weight excluding hydrogens is 633 g/mol. The summed E-state index contributed by atoms with van der Waals surface area (Å²) in [6, 6.07) is 54.0. The van der Waals surface area contributed by atoms with Crippen LogP contribution in [0.4, 0.5) is 0 Å². The molecule has 0 bridgehead atoms. The van der Waals surface area contributed by atoms with Gasteiger partial charge in [-0.15, -0.1) is 11.3 Å². The maximum atomic E-state index is 6.43. The molecule has 0 aliphatic rings. The number of hydrogen-bond acceptors (Lipinski definition) is 6. The first-order valence-electron chi connectivity index (χ1n) is 16.5. The number of rotatable bonds is 5. The Morgan fingerprint density at radius 1 is 0.420 bits per heavy atom.